The van der Waals surface area contributed by atoms with E-state index in [9.17, 15) is 0 Å². The Balaban J connectivity index is 1.08. The summed E-state index contributed by atoms with van der Waals surface area (Å²) in [5, 5.41) is 6.42. The van der Waals surface area contributed by atoms with Crippen LogP contribution in [0.3, 0.4) is 0 Å². The highest BCUT2D eigenvalue weighted by Crippen LogP contribution is 2.51. The largest absolute Gasteiger partial charge is 0.333 e. The van der Waals surface area contributed by atoms with Crippen LogP contribution >= 0.6 is 0 Å². The van der Waals surface area contributed by atoms with Crippen molar-refractivity contribution in [3.8, 4) is 17.1 Å². The molecule has 0 amide bonds. The van der Waals surface area contributed by atoms with Crippen LogP contribution in [0.5, 0.6) is 0 Å². The van der Waals surface area contributed by atoms with Crippen molar-refractivity contribution in [2.24, 2.45) is 0 Å². The molecule has 0 radical (unpaired) electrons. The molecule has 2 atom stereocenters. The molecule has 0 saturated heterocycles. The molecule has 3 aromatic heterocycles. The second-order valence-electron chi connectivity index (χ2n) is 16.0. The molecular formula is C54H38N4. The van der Waals surface area contributed by atoms with Gasteiger partial charge in [0.15, 0.2) is 0 Å². The maximum absolute atomic E-state index is 2.54. The van der Waals surface area contributed by atoms with Crippen LogP contribution in [0.2, 0.25) is 0 Å². The number of rotatable bonds is 4. The van der Waals surface area contributed by atoms with Crippen LogP contribution in [-0.4, -0.2) is 19.7 Å². The Kier molecular flexibility index (Phi) is 6.65. The van der Waals surface area contributed by atoms with Crippen molar-refractivity contribution in [2.75, 3.05) is 4.90 Å². The van der Waals surface area contributed by atoms with Gasteiger partial charge in [-0.1, -0.05) is 121 Å². The van der Waals surface area contributed by atoms with E-state index >= 15 is 0 Å². The first-order chi connectivity index (χ1) is 28.8. The smallest absolute Gasteiger partial charge is 0.0641 e. The number of para-hydroxylation sites is 4. The van der Waals surface area contributed by atoms with Gasteiger partial charge in [0.05, 0.1) is 33.6 Å². The molecule has 58 heavy (non-hydrogen) atoms. The van der Waals surface area contributed by atoms with Crippen molar-refractivity contribution < 1.29 is 0 Å². The van der Waals surface area contributed by atoms with Gasteiger partial charge in [-0.25, -0.2) is 0 Å². The van der Waals surface area contributed by atoms with Gasteiger partial charge in [-0.2, -0.15) is 0 Å². The molecule has 1 aliphatic heterocycles. The quantitative estimate of drug-likeness (QED) is 0.176. The Morgan fingerprint density at radius 1 is 0.466 bits per heavy atom. The highest BCUT2D eigenvalue weighted by Gasteiger charge is 2.38. The van der Waals surface area contributed by atoms with Gasteiger partial charge in [-0.05, 0) is 91.2 Å². The topological polar surface area (TPSA) is 18.0 Å². The lowest BCUT2D eigenvalue weighted by atomic mass is 9.90. The lowest BCUT2D eigenvalue weighted by molar-refractivity contribution is 0.745. The molecule has 0 N–H and O–H groups in total. The molecule has 0 spiro atoms. The molecule has 274 valence electrons. The highest BCUT2D eigenvalue weighted by molar-refractivity contribution is 6.21. The fourth-order valence-corrected chi connectivity index (χ4v) is 10.6. The number of anilines is 2. The van der Waals surface area contributed by atoms with Crippen molar-refractivity contribution in [1.82, 2.24) is 13.7 Å². The molecule has 3 aliphatic rings. The maximum Gasteiger partial charge on any atom is 0.0641 e. The molecule has 13 rings (SSSR count). The molecule has 0 fully saturated rings. The van der Waals surface area contributed by atoms with Gasteiger partial charge in [0.2, 0.25) is 0 Å². The molecule has 4 nitrogen and oxygen atoms in total. The molecule has 4 heterocycles. The monoisotopic (exact) mass is 742 g/mol. The zero-order chi connectivity index (χ0) is 37.9. The van der Waals surface area contributed by atoms with E-state index in [2.05, 4.69) is 213 Å². The zero-order valence-corrected chi connectivity index (χ0v) is 31.8. The third-order valence-corrected chi connectivity index (χ3v) is 13.0. The van der Waals surface area contributed by atoms with Gasteiger partial charge in [-0.15, -0.1) is 0 Å². The van der Waals surface area contributed by atoms with E-state index in [0.717, 1.165) is 24.2 Å². The first-order valence-electron chi connectivity index (χ1n) is 20.5. The summed E-state index contributed by atoms with van der Waals surface area (Å²) < 4.78 is 7.52. The van der Waals surface area contributed by atoms with Crippen molar-refractivity contribution >= 4 is 72.0 Å². The van der Waals surface area contributed by atoms with Crippen LogP contribution in [0.15, 0.2) is 188 Å². The van der Waals surface area contributed by atoms with E-state index in [0.29, 0.717) is 5.92 Å². The number of allylic oxidation sites excluding steroid dienone is 3. The van der Waals surface area contributed by atoms with Crippen molar-refractivity contribution in [3.63, 3.8) is 0 Å². The van der Waals surface area contributed by atoms with E-state index in [4.69, 9.17) is 0 Å². The van der Waals surface area contributed by atoms with E-state index < -0.39 is 0 Å². The van der Waals surface area contributed by atoms with Crippen LogP contribution in [0.4, 0.5) is 11.4 Å². The lowest BCUT2D eigenvalue weighted by Gasteiger charge is -2.28. The second kappa shape index (κ2) is 12.1. The maximum atomic E-state index is 2.54. The number of aromatic nitrogens is 3. The van der Waals surface area contributed by atoms with E-state index in [1.54, 1.807) is 0 Å². The Morgan fingerprint density at radius 2 is 1.14 bits per heavy atom. The van der Waals surface area contributed by atoms with Crippen molar-refractivity contribution in [3.05, 3.63) is 205 Å². The predicted octanol–water partition coefficient (Wildman–Crippen LogP) is 13.5. The van der Waals surface area contributed by atoms with Gasteiger partial charge in [-0.3, -0.25) is 0 Å². The van der Waals surface area contributed by atoms with Gasteiger partial charge in [0, 0.05) is 72.5 Å². The van der Waals surface area contributed by atoms with Crippen LogP contribution in [-0.2, 0) is 6.42 Å². The Bertz CT molecular complexity index is 3410. The number of fused-ring (bicyclic) bond motifs is 13. The lowest BCUT2D eigenvalue weighted by Crippen LogP contribution is -2.28. The SMILES string of the molecule is C1=CC2c3cc4c5ccccc5n(-c5cccc(-n6c7ccccc7c7ccc8c(c9c(n8-c8ccccc8)CCC=C9)c76)c5)c4cc3N(c3ccccc3)C2C=C1. The van der Waals surface area contributed by atoms with Gasteiger partial charge >= 0.3 is 0 Å². The molecule has 2 unspecified atom stereocenters. The predicted molar refractivity (Wildman–Crippen MR) is 243 cm³/mol. The van der Waals surface area contributed by atoms with Gasteiger partial charge in [0.25, 0.3) is 0 Å². The third kappa shape index (κ3) is 4.34. The number of hydrogen-bond donors (Lipinski definition) is 0. The van der Waals surface area contributed by atoms with Gasteiger partial charge < -0.3 is 18.6 Å². The summed E-state index contributed by atoms with van der Waals surface area (Å²) in [6.07, 6.45) is 15.9. The van der Waals surface area contributed by atoms with Crippen LogP contribution in [0, 0.1) is 0 Å². The molecule has 0 bridgehead atoms. The van der Waals surface area contributed by atoms with Crippen molar-refractivity contribution in [2.45, 2.75) is 24.8 Å². The summed E-state index contributed by atoms with van der Waals surface area (Å²) in [6, 6.07) is 58.7. The second-order valence-corrected chi connectivity index (χ2v) is 16.0. The van der Waals surface area contributed by atoms with E-state index in [-0.39, 0.29) is 6.04 Å². The number of nitrogens with zero attached hydrogens (tertiary/aromatic N) is 4. The minimum atomic E-state index is 0.237. The summed E-state index contributed by atoms with van der Waals surface area (Å²) in [6.45, 7) is 0. The molecule has 2 aliphatic carbocycles. The Labute approximate surface area is 336 Å². The molecule has 7 aromatic carbocycles. The van der Waals surface area contributed by atoms with E-state index in [1.165, 1.54) is 88.4 Å². The van der Waals surface area contributed by atoms with Crippen molar-refractivity contribution in [1.29, 1.82) is 0 Å². The third-order valence-electron chi connectivity index (χ3n) is 13.0. The highest BCUT2D eigenvalue weighted by atomic mass is 15.2. The minimum absolute atomic E-state index is 0.237. The number of hydrogen-bond acceptors (Lipinski definition) is 1. The fraction of sp³-hybridized carbons (Fsp3) is 0.0741. The molecule has 10 aromatic rings. The summed E-state index contributed by atoms with van der Waals surface area (Å²) in [7, 11) is 0. The Hall–Kier alpha value is -7.30. The summed E-state index contributed by atoms with van der Waals surface area (Å²) in [5.74, 6) is 0.291. The average molecular weight is 743 g/mol. The average Bonchev–Trinajstić information content (AvgIpc) is 4.01. The first kappa shape index (κ1) is 31.9. The Morgan fingerprint density at radius 3 is 1.95 bits per heavy atom. The first-order valence-corrected chi connectivity index (χ1v) is 20.5. The molecule has 4 heteroatoms. The van der Waals surface area contributed by atoms with Crippen LogP contribution < -0.4 is 4.90 Å². The van der Waals surface area contributed by atoms with E-state index in [1.807, 2.05) is 0 Å². The number of benzene rings is 7. The zero-order valence-electron chi connectivity index (χ0n) is 31.8. The van der Waals surface area contributed by atoms with Crippen LogP contribution in [0.1, 0.15) is 29.2 Å². The summed E-state index contributed by atoms with van der Waals surface area (Å²) in [5.41, 5.74) is 16.2. The minimum Gasteiger partial charge on any atom is -0.333 e. The standard InChI is InChI=1S/C54H38N4/c1-3-16-35(17-4-1)55-49-29-14-10-25-43(49)53-50(55)31-30-42-39-22-7-13-28-48(39)58(54(42)53)38-21-15-20-37(32-38)57-47-27-12-9-24-41(47)45-33-44-40-23-8-11-26-46(40)56(51(44)34-52(45)57)36-18-5-2-6-19-36/h1-13,15-28,30-34,40,46H,14,29H2. The molecule has 0 saturated carbocycles. The van der Waals surface area contributed by atoms with Crippen LogP contribution in [0.25, 0.3) is 77.7 Å². The summed E-state index contributed by atoms with van der Waals surface area (Å²) >= 11 is 0. The fourth-order valence-electron chi connectivity index (χ4n) is 10.6. The molecular weight excluding hydrogens is 705 g/mol. The van der Waals surface area contributed by atoms with Gasteiger partial charge in [0.1, 0.15) is 0 Å². The summed E-state index contributed by atoms with van der Waals surface area (Å²) in [4.78, 5) is 2.54. The normalized spacial score (nSPS) is 16.9.